The van der Waals surface area contributed by atoms with Crippen molar-refractivity contribution in [3.63, 3.8) is 0 Å². The lowest BCUT2D eigenvalue weighted by Crippen LogP contribution is -2.18. The Morgan fingerprint density at radius 1 is 1.20 bits per heavy atom. The zero-order chi connectivity index (χ0) is 14.6. The van der Waals surface area contributed by atoms with Crippen molar-refractivity contribution >= 4 is 27.6 Å². The van der Waals surface area contributed by atoms with E-state index in [0.717, 1.165) is 21.7 Å². The highest BCUT2D eigenvalue weighted by molar-refractivity contribution is 7.89. The molecule has 1 aromatic heterocycles. The van der Waals surface area contributed by atoms with Crippen LogP contribution >= 0.6 is 11.3 Å². The molecule has 20 heavy (non-hydrogen) atoms. The van der Waals surface area contributed by atoms with Crippen LogP contribution in [0.4, 0.5) is 0 Å². The summed E-state index contributed by atoms with van der Waals surface area (Å²) in [6.07, 6.45) is 2.39. The lowest BCUT2D eigenvalue weighted by molar-refractivity contribution is 0.584. The van der Waals surface area contributed by atoms with Crippen LogP contribution in [0.3, 0.4) is 0 Å². The molecule has 0 amide bonds. The van der Waals surface area contributed by atoms with Gasteiger partial charge >= 0.3 is 0 Å². The summed E-state index contributed by atoms with van der Waals surface area (Å²) in [4.78, 5) is 4.50. The zero-order valence-electron chi connectivity index (χ0n) is 11.3. The Morgan fingerprint density at radius 2 is 1.90 bits per heavy atom. The molecule has 0 aliphatic heterocycles. The van der Waals surface area contributed by atoms with Gasteiger partial charge in [0.2, 0.25) is 0 Å². The Labute approximate surface area is 123 Å². The molecule has 0 aliphatic carbocycles. The highest BCUT2D eigenvalue weighted by Crippen LogP contribution is 2.13. The van der Waals surface area contributed by atoms with Crippen molar-refractivity contribution in [2.24, 2.45) is 5.10 Å². The molecule has 1 N–H and O–H groups in total. The maximum Gasteiger partial charge on any atom is 0.276 e. The van der Waals surface area contributed by atoms with Gasteiger partial charge in [-0.05, 0) is 43.2 Å². The van der Waals surface area contributed by atoms with Gasteiger partial charge < -0.3 is 0 Å². The number of hydrazone groups is 1. The van der Waals surface area contributed by atoms with Crippen LogP contribution in [0.15, 0.2) is 46.4 Å². The van der Waals surface area contributed by atoms with Gasteiger partial charge in [0, 0.05) is 9.75 Å². The average molecular weight is 308 g/mol. The number of nitrogens with zero attached hydrogens (tertiary/aromatic N) is 1. The number of rotatable bonds is 5. The summed E-state index contributed by atoms with van der Waals surface area (Å²) in [6, 6.07) is 10.7. The summed E-state index contributed by atoms with van der Waals surface area (Å²) >= 11 is 1.55. The first-order chi connectivity index (χ1) is 9.51. The Balaban J connectivity index is 2.08. The lowest BCUT2D eigenvalue weighted by atomic mass is 10.2. The van der Waals surface area contributed by atoms with Gasteiger partial charge in [0.25, 0.3) is 10.0 Å². The molecule has 1 aromatic carbocycles. The van der Waals surface area contributed by atoms with Gasteiger partial charge in [-0.1, -0.05) is 19.1 Å². The standard InChI is InChI=1S/C14H16N2O2S2/c1-3-12-5-8-14(9-6-12)20(17,18)16-15-10-13-7-4-11(2)19-13/h4-10,16H,3H2,1-2H3/b15-10-. The Morgan fingerprint density at radius 3 is 2.45 bits per heavy atom. The minimum atomic E-state index is -3.59. The van der Waals surface area contributed by atoms with E-state index in [2.05, 4.69) is 9.93 Å². The molecule has 0 radical (unpaired) electrons. The van der Waals surface area contributed by atoms with Gasteiger partial charge in [-0.2, -0.15) is 13.5 Å². The number of thiophene rings is 1. The Hall–Kier alpha value is -1.66. The topological polar surface area (TPSA) is 58.5 Å². The highest BCUT2D eigenvalue weighted by Gasteiger charge is 2.11. The molecule has 0 unspecified atom stereocenters. The fourth-order valence-electron chi connectivity index (χ4n) is 1.64. The second kappa shape index (κ2) is 6.19. The minimum absolute atomic E-state index is 0.217. The van der Waals surface area contributed by atoms with Crippen LogP contribution in [-0.4, -0.2) is 14.6 Å². The number of aryl methyl sites for hydroxylation is 2. The number of hydrogen-bond acceptors (Lipinski definition) is 4. The summed E-state index contributed by atoms with van der Waals surface area (Å²) in [5.74, 6) is 0. The van der Waals surface area contributed by atoms with Crippen molar-refractivity contribution in [2.75, 3.05) is 0 Å². The number of nitrogens with one attached hydrogen (secondary N) is 1. The van der Waals surface area contributed by atoms with Crippen LogP contribution in [0.2, 0.25) is 0 Å². The van der Waals surface area contributed by atoms with Crippen LogP contribution < -0.4 is 4.83 Å². The third kappa shape index (κ3) is 3.68. The molecule has 6 heteroatoms. The molecular weight excluding hydrogens is 292 g/mol. The van der Waals surface area contributed by atoms with E-state index in [1.54, 1.807) is 35.6 Å². The first kappa shape index (κ1) is 14.7. The molecule has 0 saturated heterocycles. The van der Waals surface area contributed by atoms with Crippen molar-refractivity contribution in [2.45, 2.75) is 25.2 Å². The normalized spacial score (nSPS) is 11.9. The van der Waals surface area contributed by atoms with Gasteiger partial charge in [0.15, 0.2) is 0 Å². The lowest BCUT2D eigenvalue weighted by Gasteiger charge is -2.03. The maximum absolute atomic E-state index is 12.0. The van der Waals surface area contributed by atoms with Crippen molar-refractivity contribution in [1.29, 1.82) is 0 Å². The molecule has 0 atom stereocenters. The second-order valence-electron chi connectivity index (χ2n) is 4.30. The summed E-state index contributed by atoms with van der Waals surface area (Å²) in [6.45, 7) is 4.01. The molecule has 0 saturated carbocycles. The molecule has 1 heterocycles. The predicted octanol–water partition coefficient (Wildman–Crippen LogP) is 2.93. The number of sulfonamides is 1. The van der Waals surface area contributed by atoms with Gasteiger partial charge in [-0.15, -0.1) is 11.3 Å². The highest BCUT2D eigenvalue weighted by atomic mass is 32.2. The first-order valence-corrected chi connectivity index (χ1v) is 8.51. The molecular formula is C14H16N2O2S2. The summed E-state index contributed by atoms with van der Waals surface area (Å²) in [7, 11) is -3.59. The van der Waals surface area contributed by atoms with Gasteiger partial charge in [-0.3, -0.25) is 0 Å². The van der Waals surface area contributed by atoms with Gasteiger partial charge in [0.05, 0.1) is 11.1 Å². The van der Waals surface area contributed by atoms with Crippen LogP contribution in [0, 0.1) is 6.92 Å². The minimum Gasteiger partial charge on any atom is -0.200 e. The van der Waals surface area contributed by atoms with Crippen molar-refractivity contribution in [3.8, 4) is 0 Å². The quantitative estimate of drug-likeness (QED) is 0.682. The summed E-state index contributed by atoms with van der Waals surface area (Å²) in [5.41, 5.74) is 1.10. The van der Waals surface area contributed by atoms with E-state index in [1.165, 1.54) is 6.21 Å². The first-order valence-electron chi connectivity index (χ1n) is 6.21. The van der Waals surface area contributed by atoms with E-state index in [4.69, 9.17) is 0 Å². The molecule has 4 nitrogen and oxygen atoms in total. The van der Waals surface area contributed by atoms with E-state index in [9.17, 15) is 8.42 Å². The molecule has 0 bridgehead atoms. The van der Waals surface area contributed by atoms with Crippen molar-refractivity contribution in [1.82, 2.24) is 4.83 Å². The Bertz CT molecular complexity index is 701. The molecule has 0 spiro atoms. The van der Waals surface area contributed by atoms with Crippen molar-refractivity contribution in [3.05, 3.63) is 51.7 Å². The van der Waals surface area contributed by atoms with E-state index < -0.39 is 10.0 Å². The van der Waals surface area contributed by atoms with E-state index in [-0.39, 0.29) is 4.90 Å². The van der Waals surface area contributed by atoms with Gasteiger partial charge in [-0.25, -0.2) is 4.83 Å². The van der Waals surface area contributed by atoms with Gasteiger partial charge in [0.1, 0.15) is 0 Å². The monoisotopic (exact) mass is 308 g/mol. The van der Waals surface area contributed by atoms with Crippen LogP contribution in [-0.2, 0) is 16.4 Å². The Kier molecular flexibility index (Phi) is 4.57. The van der Waals surface area contributed by atoms with Crippen LogP contribution in [0.1, 0.15) is 22.2 Å². The number of benzene rings is 1. The molecule has 106 valence electrons. The molecule has 0 fully saturated rings. The second-order valence-corrected chi connectivity index (χ2v) is 7.28. The molecule has 0 aliphatic rings. The smallest absolute Gasteiger partial charge is 0.200 e. The third-order valence-electron chi connectivity index (χ3n) is 2.77. The summed E-state index contributed by atoms with van der Waals surface area (Å²) < 4.78 is 24.0. The van der Waals surface area contributed by atoms with Crippen molar-refractivity contribution < 1.29 is 8.42 Å². The predicted molar refractivity (Wildman–Crippen MR) is 82.8 cm³/mol. The van der Waals surface area contributed by atoms with Crippen LogP contribution in [0.25, 0.3) is 0 Å². The fourth-order valence-corrected chi connectivity index (χ4v) is 3.18. The van der Waals surface area contributed by atoms with E-state index >= 15 is 0 Å². The molecule has 2 aromatic rings. The zero-order valence-corrected chi connectivity index (χ0v) is 13.0. The van der Waals surface area contributed by atoms with E-state index in [1.807, 2.05) is 26.0 Å². The van der Waals surface area contributed by atoms with Crippen LogP contribution in [0.5, 0.6) is 0 Å². The summed E-state index contributed by atoms with van der Waals surface area (Å²) in [5, 5.41) is 3.79. The maximum atomic E-state index is 12.0. The largest absolute Gasteiger partial charge is 0.276 e. The third-order valence-corrected chi connectivity index (χ3v) is 4.94. The van der Waals surface area contributed by atoms with E-state index in [0.29, 0.717) is 0 Å². The number of hydrogen-bond donors (Lipinski definition) is 1. The SMILES string of the molecule is CCc1ccc(S(=O)(=O)N/N=C\c2ccc(C)s2)cc1. The fraction of sp³-hybridized carbons (Fsp3) is 0.214. The average Bonchev–Trinajstić information content (AvgIpc) is 2.84. The molecule has 2 rings (SSSR count).